The first kappa shape index (κ1) is 20.9. The lowest BCUT2D eigenvalue weighted by molar-refractivity contribution is 0.476. The van der Waals surface area contributed by atoms with E-state index in [0.29, 0.717) is 23.1 Å². The minimum atomic E-state index is 0. The van der Waals surface area contributed by atoms with E-state index in [2.05, 4.69) is 20.3 Å². The SMILES string of the molecule is CN=C(NCc1ccnc(C)n1)N(C)Cc1ccc(Cl)c(Cl)c1.I. The molecule has 1 aromatic carbocycles. The summed E-state index contributed by atoms with van der Waals surface area (Å²) in [6, 6.07) is 7.49. The van der Waals surface area contributed by atoms with Crippen LogP contribution < -0.4 is 5.32 Å². The van der Waals surface area contributed by atoms with Crippen LogP contribution in [0.15, 0.2) is 35.5 Å². The Morgan fingerprint density at radius 2 is 2.00 bits per heavy atom. The number of nitrogens with zero attached hydrogens (tertiary/aromatic N) is 4. The van der Waals surface area contributed by atoms with Crippen LogP contribution in [0.1, 0.15) is 17.1 Å². The highest BCUT2D eigenvalue weighted by Crippen LogP contribution is 2.23. The van der Waals surface area contributed by atoms with Crippen LogP contribution in [0.4, 0.5) is 0 Å². The van der Waals surface area contributed by atoms with Crippen molar-refractivity contribution in [3.05, 3.63) is 57.6 Å². The van der Waals surface area contributed by atoms with E-state index in [1.54, 1.807) is 19.3 Å². The minimum Gasteiger partial charge on any atom is -0.351 e. The molecule has 0 fully saturated rings. The van der Waals surface area contributed by atoms with Gasteiger partial charge in [-0.25, -0.2) is 9.97 Å². The van der Waals surface area contributed by atoms with E-state index in [4.69, 9.17) is 23.2 Å². The highest BCUT2D eigenvalue weighted by Gasteiger charge is 2.08. The summed E-state index contributed by atoms with van der Waals surface area (Å²) in [5.41, 5.74) is 1.98. The van der Waals surface area contributed by atoms with Crippen molar-refractivity contribution in [3.63, 3.8) is 0 Å². The molecule has 0 spiro atoms. The summed E-state index contributed by atoms with van der Waals surface area (Å²) in [6.07, 6.45) is 1.75. The van der Waals surface area contributed by atoms with Gasteiger partial charge in [-0.05, 0) is 30.7 Å². The van der Waals surface area contributed by atoms with E-state index >= 15 is 0 Å². The number of benzene rings is 1. The van der Waals surface area contributed by atoms with Gasteiger partial charge in [0.25, 0.3) is 0 Å². The van der Waals surface area contributed by atoms with Crippen LogP contribution in [0.25, 0.3) is 0 Å². The summed E-state index contributed by atoms with van der Waals surface area (Å²) in [7, 11) is 3.71. The van der Waals surface area contributed by atoms with Gasteiger partial charge in [0.15, 0.2) is 5.96 Å². The zero-order valence-electron chi connectivity index (χ0n) is 13.8. The third kappa shape index (κ3) is 6.07. The van der Waals surface area contributed by atoms with Gasteiger partial charge in [-0.3, -0.25) is 4.99 Å². The molecule has 0 radical (unpaired) electrons. The number of hydrogen-bond donors (Lipinski definition) is 1. The van der Waals surface area contributed by atoms with Crippen LogP contribution in [0.3, 0.4) is 0 Å². The van der Waals surface area contributed by atoms with E-state index in [-0.39, 0.29) is 24.0 Å². The molecule has 0 unspecified atom stereocenters. The quantitative estimate of drug-likeness (QED) is 0.410. The largest absolute Gasteiger partial charge is 0.351 e. The van der Waals surface area contributed by atoms with Gasteiger partial charge in [0, 0.05) is 26.8 Å². The van der Waals surface area contributed by atoms with E-state index in [0.717, 1.165) is 23.0 Å². The highest BCUT2D eigenvalue weighted by atomic mass is 127. The molecule has 0 aliphatic heterocycles. The average Bonchev–Trinajstić information content (AvgIpc) is 2.51. The molecular weight excluding hydrogens is 460 g/mol. The van der Waals surface area contributed by atoms with E-state index in [1.165, 1.54) is 0 Å². The van der Waals surface area contributed by atoms with Crippen molar-refractivity contribution in [3.8, 4) is 0 Å². The molecule has 1 heterocycles. The van der Waals surface area contributed by atoms with Crippen molar-refractivity contribution in [2.45, 2.75) is 20.0 Å². The predicted molar refractivity (Wildman–Crippen MR) is 110 cm³/mol. The topological polar surface area (TPSA) is 53.4 Å². The summed E-state index contributed by atoms with van der Waals surface area (Å²) in [6.45, 7) is 3.12. The Kier molecular flexibility index (Phi) is 8.72. The Morgan fingerprint density at radius 1 is 1.25 bits per heavy atom. The molecule has 0 bridgehead atoms. The molecule has 24 heavy (non-hydrogen) atoms. The molecule has 0 atom stereocenters. The third-order valence-electron chi connectivity index (χ3n) is 3.24. The van der Waals surface area contributed by atoms with Crippen molar-refractivity contribution >= 4 is 53.1 Å². The predicted octanol–water partition coefficient (Wildman–Crippen LogP) is 3.92. The molecule has 0 amide bonds. The summed E-state index contributed by atoms with van der Waals surface area (Å²) >= 11 is 12.0. The van der Waals surface area contributed by atoms with Gasteiger partial charge in [0.1, 0.15) is 5.82 Å². The highest BCUT2D eigenvalue weighted by molar-refractivity contribution is 14.0. The molecular formula is C16H20Cl2IN5. The van der Waals surface area contributed by atoms with Crippen molar-refractivity contribution in [1.82, 2.24) is 20.2 Å². The normalized spacial score (nSPS) is 11.0. The third-order valence-corrected chi connectivity index (χ3v) is 3.98. The minimum absolute atomic E-state index is 0. The summed E-state index contributed by atoms with van der Waals surface area (Å²) in [5, 5.41) is 4.39. The smallest absolute Gasteiger partial charge is 0.194 e. The first-order chi connectivity index (χ1) is 11.0. The second-order valence-electron chi connectivity index (χ2n) is 5.10. The lowest BCUT2D eigenvalue weighted by atomic mass is 10.2. The number of aliphatic imine (C=N–C) groups is 1. The Labute approximate surface area is 169 Å². The van der Waals surface area contributed by atoms with Crippen LogP contribution in [-0.4, -0.2) is 34.9 Å². The first-order valence-electron chi connectivity index (χ1n) is 7.14. The summed E-state index contributed by atoms with van der Waals surface area (Å²) in [4.78, 5) is 14.8. The monoisotopic (exact) mass is 479 g/mol. The molecule has 2 rings (SSSR count). The number of rotatable bonds is 4. The maximum absolute atomic E-state index is 6.06. The van der Waals surface area contributed by atoms with Gasteiger partial charge in [0.2, 0.25) is 0 Å². The molecule has 0 aliphatic rings. The molecule has 5 nitrogen and oxygen atoms in total. The van der Waals surface area contributed by atoms with Crippen LogP contribution in [0, 0.1) is 6.92 Å². The Hall–Kier alpha value is -1.12. The fourth-order valence-electron chi connectivity index (χ4n) is 2.14. The number of halogens is 3. The fourth-order valence-corrected chi connectivity index (χ4v) is 2.47. The van der Waals surface area contributed by atoms with Gasteiger partial charge in [-0.1, -0.05) is 29.3 Å². The molecule has 0 aliphatic carbocycles. The van der Waals surface area contributed by atoms with Gasteiger partial charge in [-0.2, -0.15) is 0 Å². The molecule has 0 saturated carbocycles. The Morgan fingerprint density at radius 3 is 2.62 bits per heavy atom. The van der Waals surface area contributed by atoms with Gasteiger partial charge < -0.3 is 10.2 Å². The fraction of sp³-hybridized carbons (Fsp3) is 0.312. The van der Waals surface area contributed by atoms with Gasteiger partial charge >= 0.3 is 0 Å². The van der Waals surface area contributed by atoms with Crippen molar-refractivity contribution in [1.29, 1.82) is 0 Å². The van der Waals surface area contributed by atoms with Crippen LogP contribution in [0.5, 0.6) is 0 Å². The number of hydrogen-bond acceptors (Lipinski definition) is 3. The van der Waals surface area contributed by atoms with Crippen molar-refractivity contribution in [2.75, 3.05) is 14.1 Å². The second-order valence-corrected chi connectivity index (χ2v) is 5.91. The van der Waals surface area contributed by atoms with E-state index in [9.17, 15) is 0 Å². The Balaban J connectivity index is 0.00000288. The molecule has 130 valence electrons. The average molecular weight is 480 g/mol. The second kappa shape index (κ2) is 10.0. The first-order valence-corrected chi connectivity index (χ1v) is 7.89. The van der Waals surface area contributed by atoms with E-state index < -0.39 is 0 Å². The summed E-state index contributed by atoms with van der Waals surface area (Å²) < 4.78 is 0. The van der Waals surface area contributed by atoms with Crippen LogP contribution in [-0.2, 0) is 13.1 Å². The number of aromatic nitrogens is 2. The van der Waals surface area contributed by atoms with Crippen LogP contribution >= 0.6 is 47.2 Å². The van der Waals surface area contributed by atoms with Gasteiger partial charge in [0.05, 0.1) is 22.3 Å². The van der Waals surface area contributed by atoms with Crippen LogP contribution in [0.2, 0.25) is 10.0 Å². The maximum atomic E-state index is 6.06. The molecule has 8 heteroatoms. The molecule has 1 N–H and O–H groups in total. The molecule has 2 aromatic rings. The standard InChI is InChI=1S/C16H19Cl2N5.HI/c1-11-20-7-6-13(22-11)9-21-16(19-2)23(3)10-12-4-5-14(17)15(18)8-12;/h4-8H,9-10H2,1-3H3,(H,19,21);1H. The lowest BCUT2D eigenvalue weighted by Crippen LogP contribution is -2.38. The zero-order valence-corrected chi connectivity index (χ0v) is 17.6. The maximum Gasteiger partial charge on any atom is 0.194 e. The van der Waals surface area contributed by atoms with E-state index in [1.807, 2.05) is 37.1 Å². The van der Waals surface area contributed by atoms with Crippen molar-refractivity contribution in [2.24, 2.45) is 4.99 Å². The summed E-state index contributed by atoms with van der Waals surface area (Å²) in [5.74, 6) is 1.52. The Bertz CT molecular complexity index is 709. The molecule has 0 saturated heterocycles. The van der Waals surface area contributed by atoms with Crippen molar-refractivity contribution < 1.29 is 0 Å². The lowest BCUT2D eigenvalue weighted by Gasteiger charge is -2.22. The number of aryl methyl sites for hydroxylation is 1. The molecule has 1 aromatic heterocycles. The van der Waals surface area contributed by atoms with Gasteiger partial charge in [-0.15, -0.1) is 24.0 Å². The number of guanidine groups is 1. The number of nitrogens with one attached hydrogen (secondary N) is 1. The zero-order chi connectivity index (χ0) is 16.8.